The maximum Gasteiger partial charge on any atom is 0.497 e. The fourth-order valence-electron chi connectivity index (χ4n) is 3.33. The van der Waals surface area contributed by atoms with Gasteiger partial charge in [-0.05, 0) is 42.8 Å². The molecular weight excluding hydrogens is 569 g/mol. The number of halogens is 4. The largest absolute Gasteiger partial charge is 0.497 e. The van der Waals surface area contributed by atoms with E-state index in [2.05, 4.69) is 9.71 Å². The van der Waals surface area contributed by atoms with Gasteiger partial charge in [-0.15, -0.1) is 11.3 Å². The Labute approximate surface area is 220 Å². The van der Waals surface area contributed by atoms with Gasteiger partial charge in [0.25, 0.3) is 19.9 Å². The maximum atomic E-state index is 12.7. The van der Waals surface area contributed by atoms with Crippen molar-refractivity contribution < 1.29 is 30.0 Å². The number of anilines is 1. The SMILES string of the molecule is Cc1ccc(S(=O)(=O)Nc2cccc(-c3nc(-c4ccc(CS(=O)(=O)C(F)(F)F)cc4Cl)cs3)c2)cc1. The predicted octanol–water partition coefficient (Wildman–Crippen LogP) is 6.67. The number of nitrogens with one attached hydrogen (secondary N) is 1. The summed E-state index contributed by atoms with van der Waals surface area (Å²) in [5.41, 5.74) is -2.72. The van der Waals surface area contributed by atoms with Crippen LogP contribution >= 0.6 is 22.9 Å². The summed E-state index contributed by atoms with van der Waals surface area (Å²) in [6.45, 7) is 1.86. The topological polar surface area (TPSA) is 93.2 Å². The van der Waals surface area contributed by atoms with Gasteiger partial charge in [0.05, 0.1) is 21.4 Å². The molecule has 0 spiro atoms. The van der Waals surface area contributed by atoms with Crippen LogP contribution in [0.15, 0.2) is 77.0 Å². The summed E-state index contributed by atoms with van der Waals surface area (Å²) in [5, 5.41) is 2.28. The van der Waals surface area contributed by atoms with Crippen molar-refractivity contribution in [2.75, 3.05) is 4.72 Å². The van der Waals surface area contributed by atoms with E-state index in [1.54, 1.807) is 41.8 Å². The van der Waals surface area contributed by atoms with Crippen molar-refractivity contribution >= 4 is 48.5 Å². The highest BCUT2D eigenvalue weighted by Gasteiger charge is 2.45. The van der Waals surface area contributed by atoms with Crippen LogP contribution < -0.4 is 4.72 Å². The van der Waals surface area contributed by atoms with Crippen LogP contribution in [0.4, 0.5) is 18.9 Å². The third kappa shape index (κ3) is 6.15. The highest BCUT2D eigenvalue weighted by Crippen LogP contribution is 2.35. The Morgan fingerprint density at radius 2 is 1.68 bits per heavy atom. The smallest absolute Gasteiger partial charge is 0.280 e. The molecule has 0 aliphatic rings. The van der Waals surface area contributed by atoms with E-state index >= 15 is 0 Å². The summed E-state index contributed by atoms with van der Waals surface area (Å²) < 4.78 is 88.9. The van der Waals surface area contributed by atoms with Crippen molar-refractivity contribution in [1.82, 2.24) is 4.98 Å². The molecule has 0 saturated carbocycles. The number of benzene rings is 3. The number of sulfone groups is 1. The van der Waals surface area contributed by atoms with Crippen LogP contribution in [0.5, 0.6) is 0 Å². The lowest BCUT2D eigenvalue weighted by Gasteiger charge is -2.10. The molecule has 0 unspecified atom stereocenters. The minimum Gasteiger partial charge on any atom is -0.280 e. The van der Waals surface area contributed by atoms with E-state index < -0.39 is 31.1 Å². The normalized spacial score (nSPS) is 12.5. The second-order valence-corrected chi connectivity index (χ2v) is 13.0. The first-order valence-corrected chi connectivity index (χ1v) is 14.9. The zero-order chi connectivity index (χ0) is 27.0. The lowest BCUT2D eigenvalue weighted by atomic mass is 10.1. The van der Waals surface area contributed by atoms with E-state index in [-0.39, 0.29) is 15.5 Å². The number of sulfonamides is 1. The van der Waals surface area contributed by atoms with Gasteiger partial charge in [-0.1, -0.05) is 53.6 Å². The fourth-order valence-corrected chi connectivity index (χ4v) is 6.28. The van der Waals surface area contributed by atoms with E-state index in [4.69, 9.17) is 11.6 Å². The summed E-state index contributed by atoms with van der Waals surface area (Å²) in [6.07, 6.45) is 0. The maximum absolute atomic E-state index is 12.7. The first-order valence-electron chi connectivity index (χ1n) is 10.5. The van der Waals surface area contributed by atoms with Crippen molar-refractivity contribution in [3.63, 3.8) is 0 Å². The minimum atomic E-state index is -5.36. The molecule has 0 amide bonds. The van der Waals surface area contributed by atoms with Crippen molar-refractivity contribution in [2.45, 2.75) is 23.1 Å². The number of hydrogen-bond donors (Lipinski definition) is 1. The van der Waals surface area contributed by atoms with E-state index in [1.807, 2.05) is 6.92 Å². The Bertz CT molecular complexity index is 1670. The molecule has 6 nitrogen and oxygen atoms in total. The van der Waals surface area contributed by atoms with E-state index in [1.165, 1.54) is 41.7 Å². The monoisotopic (exact) mass is 586 g/mol. The van der Waals surface area contributed by atoms with Crippen LogP contribution in [-0.4, -0.2) is 27.3 Å². The molecule has 0 aliphatic heterocycles. The fraction of sp³-hybridized carbons (Fsp3) is 0.125. The summed E-state index contributed by atoms with van der Waals surface area (Å²) >= 11 is 7.50. The van der Waals surface area contributed by atoms with E-state index in [9.17, 15) is 30.0 Å². The van der Waals surface area contributed by atoms with Gasteiger partial charge < -0.3 is 0 Å². The molecule has 194 valence electrons. The second kappa shape index (κ2) is 10.1. The minimum absolute atomic E-state index is 0.0475. The molecule has 1 heterocycles. The molecule has 0 saturated heterocycles. The Hall–Kier alpha value is -2.93. The molecule has 0 radical (unpaired) electrons. The zero-order valence-electron chi connectivity index (χ0n) is 19.0. The van der Waals surface area contributed by atoms with Crippen molar-refractivity contribution in [1.29, 1.82) is 0 Å². The Morgan fingerprint density at radius 3 is 2.32 bits per heavy atom. The van der Waals surface area contributed by atoms with Crippen LogP contribution in [0.1, 0.15) is 11.1 Å². The second-order valence-electron chi connectivity index (χ2n) is 8.06. The van der Waals surface area contributed by atoms with Gasteiger partial charge in [0, 0.05) is 22.2 Å². The molecule has 0 fully saturated rings. The van der Waals surface area contributed by atoms with Crippen LogP contribution in [0, 0.1) is 6.92 Å². The molecular formula is C24H18ClF3N2O4S3. The molecule has 1 N–H and O–H groups in total. The van der Waals surface area contributed by atoms with E-state index in [0.717, 1.165) is 5.56 Å². The third-order valence-electron chi connectivity index (χ3n) is 5.22. The lowest BCUT2D eigenvalue weighted by molar-refractivity contribution is -0.0437. The van der Waals surface area contributed by atoms with Gasteiger partial charge in [0.2, 0.25) is 0 Å². The number of aromatic nitrogens is 1. The Balaban J connectivity index is 1.56. The van der Waals surface area contributed by atoms with Gasteiger partial charge in [0.15, 0.2) is 0 Å². The number of aryl methyl sites for hydroxylation is 1. The molecule has 13 heteroatoms. The van der Waals surface area contributed by atoms with Gasteiger partial charge in [-0.2, -0.15) is 13.2 Å². The summed E-state index contributed by atoms with van der Waals surface area (Å²) in [7, 11) is -9.13. The number of rotatable bonds is 7. The number of nitrogens with zero attached hydrogens (tertiary/aromatic N) is 1. The highest BCUT2D eigenvalue weighted by atomic mass is 35.5. The van der Waals surface area contributed by atoms with Crippen LogP contribution in [0.2, 0.25) is 5.02 Å². The van der Waals surface area contributed by atoms with Gasteiger partial charge in [-0.3, -0.25) is 4.72 Å². The Kier molecular flexibility index (Phi) is 7.39. The standard InChI is InChI=1S/C24H18ClF3N2O4S3/c1-15-5-8-19(9-6-15)37(33,34)30-18-4-2-3-17(12-18)23-29-22(13-35-23)20-10-7-16(11-21(20)25)14-36(31,32)24(26,27)28/h2-13,30H,14H2,1H3. The Morgan fingerprint density at radius 1 is 0.973 bits per heavy atom. The molecule has 0 atom stereocenters. The average molecular weight is 587 g/mol. The third-order valence-corrected chi connectivity index (χ3v) is 9.24. The summed E-state index contributed by atoms with van der Waals surface area (Å²) in [4.78, 5) is 4.65. The molecule has 0 aliphatic carbocycles. The molecule has 3 aromatic carbocycles. The van der Waals surface area contributed by atoms with Gasteiger partial charge >= 0.3 is 5.51 Å². The summed E-state index contributed by atoms with van der Waals surface area (Å²) in [5.74, 6) is -1.22. The quantitative estimate of drug-likeness (QED) is 0.261. The van der Waals surface area contributed by atoms with Crippen LogP contribution in [0.25, 0.3) is 21.8 Å². The van der Waals surface area contributed by atoms with Gasteiger partial charge in [0.1, 0.15) is 5.01 Å². The van der Waals surface area contributed by atoms with Crippen LogP contribution in [-0.2, 0) is 25.6 Å². The molecule has 37 heavy (non-hydrogen) atoms. The average Bonchev–Trinajstić information content (AvgIpc) is 3.28. The van der Waals surface area contributed by atoms with Crippen molar-refractivity contribution in [3.05, 3.63) is 88.3 Å². The van der Waals surface area contributed by atoms with Crippen LogP contribution in [0.3, 0.4) is 0 Å². The first kappa shape index (κ1) is 27.1. The van der Waals surface area contributed by atoms with E-state index in [0.29, 0.717) is 27.5 Å². The zero-order valence-corrected chi connectivity index (χ0v) is 22.2. The number of thiazole rings is 1. The lowest BCUT2D eigenvalue weighted by Crippen LogP contribution is -2.24. The molecule has 4 aromatic rings. The number of hydrogen-bond acceptors (Lipinski definition) is 6. The van der Waals surface area contributed by atoms with Crippen molar-refractivity contribution in [3.8, 4) is 21.8 Å². The van der Waals surface area contributed by atoms with Crippen molar-refractivity contribution in [2.24, 2.45) is 0 Å². The summed E-state index contributed by atoms with van der Waals surface area (Å²) in [6, 6.07) is 16.9. The predicted molar refractivity (Wildman–Crippen MR) is 139 cm³/mol. The highest BCUT2D eigenvalue weighted by molar-refractivity contribution is 7.92. The molecule has 4 rings (SSSR count). The number of alkyl halides is 3. The molecule has 0 bridgehead atoms. The van der Waals surface area contributed by atoms with Gasteiger partial charge in [-0.25, -0.2) is 21.8 Å². The first-order chi connectivity index (χ1) is 17.2. The molecule has 1 aromatic heterocycles.